The molecule has 9 heteroatoms. The second-order valence-corrected chi connectivity index (χ2v) is 8.99. The number of anilines is 1. The van der Waals surface area contributed by atoms with E-state index in [0.717, 1.165) is 11.1 Å². The molecule has 0 aliphatic heterocycles. The van der Waals surface area contributed by atoms with Crippen LogP contribution in [0.4, 0.5) is 10.5 Å². The second-order valence-electron chi connectivity index (χ2n) is 8.99. The predicted octanol–water partition coefficient (Wildman–Crippen LogP) is 3.61. The van der Waals surface area contributed by atoms with Crippen molar-refractivity contribution in [3.63, 3.8) is 0 Å². The third-order valence-electron chi connectivity index (χ3n) is 6.67. The lowest BCUT2D eigenvalue weighted by molar-refractivity contribution is -0.137. The normalized spacial score (nSPS) is 18.5. The number of carbonyl (C=O) groups excluding carboxylic acids is 2. The number of aromatic nitrogens is 2. The van der Waals surface area contributed by atoms with Gasteiger partial charge in [-0.1, -0.05) is 48.5 Å². The fourth-order valence-electron chi connectivity index (χ4n) is 5.05. The number of carboxylic acid groups (broad SMARTS) is 1. The standard InChI is InChI=1S/C26H26N4O5/c31-24(32)14-30-13-18(12-27-30)28-25(33)16-9-10-17(11-16)29-26(34)35-15-23-21-7-3-1-5-19(21)20-6-2-4-8-22(20)23/h1-8,12-13,16-17,23H,9-11,14-15H2,(H,28,33)(H,29,34)(H,31,32)/t16-,17+/m1/s1. The van der Waals surface area contributed by atoms with Crippen LogP contribution in [0.3, 0.4) is 0 Å². The number of hydrogen-bond acceptors (Lipinski definition) is 5. The monoisotopic (exact) mass is 474 g/mol. The quantitative estimate of drug-likeness (QED) is 0.481. The molecule has 3 aromatic rings. The van der Waals surface area contributed by atoms with Crippen molar-refractivity contribution < 1.29 is 24.2 Å². The van der Waals surface area contributed by atoms with Crippen LogP contribution < -0.4 is 10.6 Å². The Hall–Kier alpha value is -4.14. The van der Waals surface area contributed by atoms with Crippen molar-refractivity contribution in [1.29, 1.82) is 0 Å². The first-order valence-electron chi connectivity index (χ1n) is 11.6. The van der Waals surface area contributed by atoms with Crippen molar-refractivity contribution in [2.75, 3.05) is 11.9 Å². The zero-order valence-electron chi connectivity index (χ0n) is 19.0. The number of fused-ring (bicyclic) bond motifs is 3. The minimum Gasteiger partial charge on any atom is -0.480 e. The van der Waals surface area contributed by atoms with E-state index in [4.69, 9.17) is 9.84 Å². The van der Waals surface area contributed by atoms with Crippen LogP contribution in [0.25, 0.3) is 11.1 Å². The van der Waals surface area contributed by atoms with Crippen LogP contribution in [-0.4, -0.2) is 45.5 Å². The minimum atomic E-state index is -1.01. The average molecular weight is 475 g/mol. The number of carboxylic acids is 1. The number of alkyl carbamates (subject to hydrolysis) is 1. The van der Waals surface area contributed by atoms with Crippen molar-refractivity contribution in [1.82, 2.24) is 15.1 Å². The largest absolute Gasteiger partial charge is 0.480 e. The van der Waals surface area contributed by atoms with Crippen LogP contribution in [0, 0.1) is 5.92 Å². The van der Waals surface area contributed by atoms with Crippen molar-refractivity contribution in [2.45, 2.75) is 37.8 Å². The van der Waals surface area contributed by atoms with Crippen LogP contribution >= 0.6 is 0 Å². The van der Waals surface area contributed by atoms with Gasteiger partial charge in [0.2, 0.25) is 5.91 Å². The Balaban J connectivity index is 1.12. The lowest BCUT2D eigenvalue weighted by Crippen LogP contribution is -2.35. The summed E-state index contributed by atoms with van der Waals surface area (Å²) in [5.41, 5.74) is 5.12. The Morgan fingerprint density at radius 1 is 1.03 bits per heavy atom. The Kier molecular flexibility index (Phi) is 6.22. The third-order valence-corrected chi connectivity index (χ3v) is 6.67. The number of nitrogens with one attached hydrogen (secondary N) is 2. The summed E-state index contributed by atoms with van der Waals surface area (Å²) in [6, 6.07) is 16.2. The molecule has 0 saturated heterocycles. The number of rotatable bonds is 7. The Labute approximate surface area is 202 Å². The molecule has 0 bridgehead atoms. The molecule has 2 aliphatic rings. The van der Waals surface area contributed by atoms with Gasteiger partial charge in [0.15, 0.2) is 0 Å². The Morgan fingerprint density at radius 3 is 2.40 bits per heavy atom. The van der Waals surface area contributed by atoms with Crippen LogP contribution in [-0.2, 0) is 20.9 Å². The van der Waals surface area contributed by atoms with Gasteiger partial charge in [-0.05, 0) is 41.5 Å². The summed E-state index contributed by atoms with van der Waals surface area (Å²) < 4.78 is 6.86. The van der Waals surface area contributed by atoms with Gasteiger partial charge in [0, 0.05) is 24.1 Å². The molecule has 5 rings (SSSR count). The molecule has 2 amide bonds. The van der Waals surface area contributed by atoms with E-state index in [1.165, 1.54) is 28.2 Å². The fraction of sp³-hybridized carbons (Fsp3) is 0.308. The number of benzene rings is 2. The predicted molar refractivity (Wildman–Crippen MR) is 128 cm³/mol. The van der Waals surface area contributed by atoms with E-state index >= 15 is 0 Å². The molecule has 35 heavy (non-hydrogen) atoms. The molecule has 1 fully saturated rings. The molecule has 1 aromatic heterocycles. The molecule has 0 radical (unpaired) electrons. The fourth-order valence-corrected chi connectivity index (χ4v) is 5.05. The van der Waals surface area contributed by atoms with E-state index in [1.54, 1.807) is 0 Å². The number of hydrogen-bond donors (Lipinski definition) is 3. The number of nitrogens with zero attached hydrogens (tertiary/aromatic N) is 2. The number of amides is 2. The summed E-state index contributed by atoms with van der Waals surface area (Å²) in [5, 5.41) is 18.4. The molecule has 0 unspecified atom stereocenters. The molecule has 2 atom stereocenters. The minimum absolute atomic E-state index is 0.00250. The molecular weight excluding hydrogens is 448 g/mol. The molecule has 180 valence electrons. The van der Waals surface area contributed by atoms with Gasteiger partial charge in [0.1, 0.15) is 13.2 Å². The highest BCUT2D eigenvalue weighted by Gasteiger charge is 2.32. The average Bonchev–Trinajstić information content (AvgIpc) is 3.55. The van der Waals surface area contributed by atoms with Gasteiger partial charge >= 0.3 is 12.1 Å². The van der Waals surface area contributed by atoms with Crippen molar-refractivity contribution in [3.8, 4) is 11.1 Å². The molecule has 9 nitrogen and oxygen atoms in total. The summed E-state index contributed by atoms with van der Waals surface area (Å²) in [4.78, 5) is 35.9. The molecule has 2 aromatic carbocycles. The van der Waals surface area contributed by atoms with Gasteiger partial charge in [-0.25, -0.2) is 4.79 Å². The van der Waals surface area contributed by atoms with Crippen LogP contribution in [0.2, 0.25) is 0 Å². The summed E-state index contributed by atoms with van der Waals surface area (Å²) in [6.45, 7) is -0.0255. The highest BCUT2D eigenvalue weighted by atomic mass is 16.5. The Bertz CT molecular complexity index is 1220. The Morgan fingerprint density at radius 2 is 1.71 bits per heavy atom. The number of aliphatic carboxylic acids is 1. The van der Waals surface area contributed by atoms with Gasteiger partial charge in [-0.3, -0.25) is 14.3 Å². The zero-order valence-corrected chi connectivity index (χ0v) is 19.0. The maximum atomic E-state index is 12.6. The molecule has 0 spiro atoms. The van der Waals surface area contributed by atoms with Crippen molar-refractivity contribution >= 4 is 23.7 Å². The lowest BCUT2D eigenvalue weighted by atomic mass is 9.98. The highest BCUT2D eigenvalue weighted by Crippen LogP contribution is 2.44. The van der Waals surface area contributed by atoms with Gasteiger partial charge in [-0.15, -0.1) is 0 Å². The molecule has 2 aliphatic carbocycles. The van der Waals surface area contributed by atoms with E-state index in [0.29, 0.717) is 24.9 Å². The lowest BCUT2D eigenvalue weighted by Gasteiger charge is -2.17. The van der Waals surface area contributed by atoms with Crippen molar-refractivity contribution in [3.05, 3.63) is 72.1 Å². The van der Waals surface area contributed by atoms with E-state index in [1.807, 2.05) is 24.3 Å². The summed E-state index contributed by atoms with van der Waals surface area (Å²) in [7, 11) is 0. The highest BCUT2D eigenvalue weighted by molar-refractivity contribution is 5.92. The first kappa shape index (κ1) is 22.6. The van der Waals surface area contributed by atoms with E-state index in [2.05, 4.69) is 40.0 Å². The van der Waals surface area contributed by atoms with E-state index in [9.17, 15) is 14.4 Å². The van der Waals surface area contributed by atoms with Crippen LogP contribution in [0.5, 0.6) is 0 Å². The maximum absolute atomic E-state index is 12.6. The molecule has 1 heterocycles. The summed E-state index contributed by atoms with van der Waals surface area (Å²) in [6.07, 6.45) is 4.26. The number of ether oxygens (including phenoxy) is 1. The molecular formula is C26H26N4O5. The SMILES string of the molecule is O=C(O)Cn1cc(NC(=O)[C@@H]2CC[C@H](NC(=O)OCC3c4ccccc4-c4ccccc43)C2)cn1. The topological polar surface area (TPSA) is 123 Å². The van der Waals surface area contributed by atoms with Gasteiger partial charge in [-0.2, -0.15) is 5.10 Å². The van der Waals surface area contributed by atoms with Gasteiger partial charge < -0.3 is 20.5 Å². The summed E-state index contributed by atoms with van der Waals surface area (Å²) >= 11 is 0. The molecule has 3 N–H and O–H groups in total. The first-order valence-corrected chi connectivity index (χ1v) is 11.6. The number of carbonyl (C=O) groups is 3. The van der Waals surface area contributed by atoms with E-state index in [-0.39, 0.29) is 36.9 Å². The maximum Gasteiger partial charge on any atom is 0.407 e. The second kappa shape index (κ2) is 9.61. The first-order chi connectivity index (χ1) is 17.0. The smallest absolute Gasteiger partial charge is 0.407 e. The molecule has 1 saturated carbocycles. The van der Waals surface area contributed by atoms with Crippen molar-refractivity contribution in [2.24, 2.45) is 5.92 Å². The van der Waals surface area contributed by atoms with Gasteiger partial charge in [0.25, 0.3) is 0 Å². The summed E-state index contributed by atoms with van der Waals surface area (Å²) in [5.74, 6) is -1.44. The van der Waals surface area contributed by atoms with E-state index < -0.39 is 12.1 Å². The zero-order chi connectivity index (χ0) is 24.4. The van der Waals surface area contributed by atoms with Crippen LogP contribution in [0.1, 0.15) is 36.3 Å². The van der Waals surface area contributed by atoms with Crippen LogP contribution in [0.15, 0.2) is 60.9 Å². The third kappa shape index (κ3) is 4.89. The van der Waals surface area contributed by atoms with Gasteiger partial charge in [0.05, 0.1) is 11.9 Å².